The van der Waals surface area contributed by atoms with Gasteiger partial charge in [-0.15, -0.1) is 11.3 Å². The molecule has 0 radical (unpaired) electrons. The molecule has 0 saturated heterocycles. The Labute approximate surface area is 400 Å². The smallest absolute Gasteiger partial charge is 0.0972 e. The van der Waals surface area contributed by atoms with Crippen molar-refractivity contribution in [1.82, 2.24) is 9.97 Å². The van der Waals surface area contributed by atoms with Crippen molar-refractivity contribution in [2.45, 2.75) is 0 Å². The van der Waals surface area contributed by atoms with Crippen LogP contribution in [-0.2, 0) is 0 Å². The lowest BCUT2D eigenvalue weighted by atomic mass is 9.87. The highest BCUT2D eigenvalue weighted by Gasteiger charge is 2.25. The SMILES string of the molecule is [2H]c1c([2H])c([2H])c(-c2sc(-c3c([2H])c([2H])c4c([2H])c([2H])c5c([2H])c([2H])c([2H])c6c([2H])c([2H])c3c4c56)c(-c3c([2H])c([2H])c([2H])c([2H])c3[2H])c2-c2c([2H])c([2H])c(-c3ccc(-c4ccc5ccc6cccnc6c5n4)c4ccccc34)c([2H])c2[2H])c([2H])c1[2H]. The molecular weight excluding hydrogens is 781 g/mol. The molecule has 0 bridgehead atoms. The van der Waals surface area contributed by atoms with E-state index < -0.39 is 204 Å². The third-order valence-corrected chi connectivity index (χ3v) is 12.4. The summed E-state index contributed by atoms with van der Waals surface area (Å²) in [6, 6.07) is 3.04. The lowest BCUT2D eigenvalue weighted by Crippen LogP contribution is -1.91. The second-order valence-corrected chi connectivity index (χ2v) is 15.6. The van der Waals surface area contributed by atoms with E-state index in [1.165, 1.54) is 0 Å². The second-order valence-electron chi connectivity index (χ2n) is 14.6. The molecule has 292 valence electrons. The van der Waals surface area contributed by atoms with Gasteiger partial charge in [-0.3, -0.25) is 4.98 Å². The Morgan fingerprint density at radius 2 is 0.968 bits per heavy atom. The van der Waals surface area contributed by atoms with Gasteiger partial charge in [0.25, 0.3) is 0 Å². The molecule has 0 fully saturated rings. The summed E-state index contributed by atoms with van der Waals surface area (Å²) < 4.78 is 214. The van der Waals surface area contributed by atoms with Crippen molar-refractivity contribution in [2.75, 3.05) is 0 Å². The Kier molecular flexibility index (Phi) is 4.50. The molecule has 10 aromatic carbocycles. The van der Waals surface area contributed by atoms with Crippen LogP contribution in [0.15, 0.2) is 218 Å². The summed E-state index contributed by atoms with van der Waals surface area (Å²) in [4.78, 5) is 8.72. The van der Waals surface area contributed by atoms with Crippen LogP contribution in [-0.4, -0.2) is 9.97 Å². The van der Waals surface area contributed by atoms with Crippen LogP contribution in [0.5, 0.6) is 0 Å². The Balaban J connectivity index is 1.19. The minimum absolute atomic E-state index is 0.224. The molecule has 3 heteroatoms. The van der Waals surface area contributed by atoms with E-state index in [4.69, 9.17) is 18.7 Å². The first-order valence-electron chi connectivity index (χ1n) is 31.1. The van der Waals surface area contributed by atoms with E-state index in [9.17, 15) is 17.8 Å². The molecule has 3 aromatic heterocycles. The summed E-state index contributed by atoms with van der Waals surface area (Å²) in [6.45, 7) is 0. The van der Waals surface area contributed by atoms with Gasteiger partial charge in [0.1, 0.15) is 0 Å². The standard InChI is InChI=1S/C60H36N2S/c1-3-11-38(12-4-1)56-55(59(45-13-5-2-6-14-45)63-60(56)51-32-29-41-25-24-39-15-9-16-40-28-31-50(51)54(41)53(39)40)42-22-20-37(21-23-42)46-33-34-49(48-19-8-7-18-47(46)48)52-35-30-44-27-26-43-17-10-36-61-57(43)58(44)62-52/h1-36H/i1D,2D,3D,4D,5D,6D,9D,11D,12D,13D,14D,15D,16D,20D,21D,22D,23D,24D,25D,28D,29D,31D,32D. The molecule has 2 nitrogen and oxygen atoms in total. The van der Waals surface area contributed by atoms with Crippen LogP contribution >= 0.6 is 11.3 Å². The summed E-state index contributed by atoms with van der Waals surface area (Å²) in [7, 11) is 0. The van der Waals surface area contributed by atoms with Crippen molar-refractivity contribution >= 4 is 76.2 Å². The van der Waals surface area contributed by atoms with Gasteiger partial charge in [-0.05, 0) is 83.0 Å². The number of hydrogen-bond donors (Lipinski definition) is 0. The topological polar surface area (TPSA) is 25.8 Å². The zero-order valence-corrected chi connectivity index (χ0v) is 33.1. The lowest BCUT2D eigenvalue weighted by Gasteiger charge is -2.15. The van der Waals surface area contributed by atoms with Crippen LogP contribution in [0.1, 0.15) is 31.5 Å². The summed E-state index contributed by atoms with van der Waals surface area (Å²) in [5, 5.41) is 0.526. The molecule has 0 atom stereocenters. The Morgan fingerprint density at radius 1 is 0.365 bits per heavy atom. The molecule has 3 heterocycles. The van der Waals surface area contributed by atoms with Crippen LogP contribution in [0.25, 0.3) is 130 Å². The minimum atomic E-state index is -0.941. The molecule has 0 aliphatic heterocycles. The van der Waals surface area contributed by atoms with Crippen molar-refractivity contribution in [3.8, 4) is 65.5 Å². The minimum Gasteiger partial charge on any atom is -0.254 e. The molecule has 63 heavy (non-hydrogen) atoms. The molecule has 0 amide bonds. The summed E-state index contributed by atoms with van der Waals surface area (Å²) in [5.41, 5.74) is -1.24. The van der Waals surface area contributed by atoms with E-state index in [0.29, 0.717) is 44.4 Å². The van der Waals surface area contributed by atoms with Crippen LogP contribution < -0.4 is 0 Å². The van der Waals surface area contributed by atoms with Crippen molar-refractivity contribution in [3.05, 3.63) is 218 Å². The third kappa shape index (κ3) is 5.71. The normalized spacial score (nSPS) is 16.9. The number of thiophene rings is 1. The number of aromatic nitrogens is 2. The van der Waals surface area contributed by atoms with Gasteiger partial charge in [-0.1, -0.05) is 200 Å². The van der Waals surface area contributed by atoms with Gasteiger partial charge in [0, 0.05) is 49.0 Å². The third-order valence-electron chi connectivity index (χ3n) is 11.2. The van der Waals surface area contributed by atoms with Crippen LogP contribution in [0.4, 0.5) is 0 Å². The van der Waals surface area contributed by atoms with Crippen LogP contribution in [0, 0.1) is 0 Å². The molecule has 0 spiro atoms. The molecule has 0 aliphatic rings. The van der Waals surface area contributed by atoms with Gasteiger partial charge in [0.2, 0.25) is 0 Å². The zero-order chi connectivity index (χ0) is 61.4. The number of hydrogen-bond acceptors (Lipinski definition) is 3. The number of nitrogens with zero attached hydrogens (tertiary/aromatic N) is 2. The second kappa shape index (κ2) is 14.3. The van der Waals surface area contributed by atoms with Crippen LogP contribution in [0.3, 0.4) is 0 Å². The van der Waals surface area contributed by atoms with Gasteiger partial charge in [0.15, 0.2) is 0 Å². The quantitative estimate of drug-likeness (QED) is 0.156. The van der Waals surface area contributed by atoms with E-state index in [-0.39, 0.29) is 21.9 Å². The van der Waals surface area contributed by atoms with Gasteiger partial charge in [-0.25, -0.2) is 4.98 Å². The first-order valence-corrected chi connectivity index (χ1v) is 20.4. The van der Waals surface area contributed by atoms with Crippen LogP contribution in [0.2, 0.25) is 0 Å². The monoisotopic (exact) mass is 839 g/mol. The van der Waals surface area contributed by atoms with Crippen molar-refractivity contribution in [2.24, 2.45) is 0 Å². The highest BCUT2D eigenvalue weighted by molar-refractivity contribution is 7.20. The number of fused-ring (bicyclic) bond motifs is 4. The van der Waals surface area contributed by atoms with E-state index in [1.54, 1.807) is 36.5 Å². The summed E-state index contributed by atoms with van der Waals surface area (Å²) in [6.07, 6.45) is 1.68. The maximum absolute atomic E-state index is 10.1. The largest absolute Gasteiger partial charge is 0.254 e. The van der Waals surface area contributed by atoms with E-state index in [0.717, 1.165) is 10.8 Å². The Bertz CT molecular complexity index is 5180. The Hall–Kier alpha value is -7.98. The molecule has 13 aromatic rings. The highest BCUT2D eigenvalue weighted by Crippen LogP contribution is 2.54. The molecule has 0 saturated carbocycles. The molecule has 0 aliphatic carbocycles. The van der Waals surface area contributed by atoms with Crippen molar-refractivity contribution < 1.29 is 31.5 Å². The van der Waals surface area contributed by atoms with Gasteiger partial charge >= 0.3 is 0 Å². The molecule has 13 rings (SSSR count). The predicted octanol–water partition coefficient (Wildman–Crippen LogP) is 16.9. The fraction of sp³-hybridized carbons (Fsp3) is 0. The predicted molar refractivity (Wildman–Crippen MR) is 269 cm³/mol. The van der Waals surface area contributed by atoms with Gasteiger partial charge in [-0.2, -0.15) is 0 Å². The van der Waals surface area contributed by atoms with Gasteiger partial charge in [0.05, 0.1) is 48.3 Å². The average Bonchev–Trinajstić information content (AvgIpc) is 1.03. The highest BCUT2D eigenvalue weighted by atomic mass is 32.1. The first-order chi connectivity index (χ1) is 40.8. The van der Waals surface area contributed by atoms with Crippen molar-refractivity contribution in [3.63, 3.8) is 0 Å². The van der Waals surface area contributed by atoms with Gasteiger partial charge < -0.3 is 0 Å². The van der Waals surface area contributed by atoms with E-state index in [2.05, 4.69) is 4.98 Å². The van der Waals surface area contributed by atoms with E-state index >= 15 is 0 Å². The summed E-state index contributed by atoms with van der Waals surface area (Å²) in [5.74, 6) is 0. The number of rotatable bonds is 6. The Morgan fingerprint density at radius 3 is 1.75 bits per heavy atom. The first kappa shape index (κ1) is 19.8. The van der Waals surface area contributed by atoms with E-state index in [1.807, 2.05) is 42.5 Å². The number of pyridine rings is 2. The lowest BCUT2D eigenvalue weighted by molar-refractivity contribution is 1.37. The maximum Gasteiger partial charge on any atom is 0.0972 e. The fourth-order valence-corrected chi connectivity index (χ4v) is 9.69. The molecule has 0 unspecified atom stereocenters. The fourth-order valence-electron chi connectivity index (χ4n) is 8.42. The maximum atomic E-state index is 10.1. The molecule has 0 N–H and O–H groups in total. The number of benzene rings is 10. The van der Waals surface area contributed by atoms with Crippen molar-refractivity contribution in [1.29, 1.82) is 0 Å². The summed E-state index contributed by atoms with van der Waals surface area (Å²) >= 11 is 0.444. The molecular formula is C60H36N2S. The zero-order valence-electron chi connectivity index (χ0n) is 55.3. The average molecular weight is 840 g/mol.